The topological polar surface area (TPSA) is 101 Å². The van der Waals surface area contributed by atoms with Crippen LogP contribution >= 0.6 is 0 Å². The Bertz CT molecular complexity index is 861. The second-order valence-electron chi connectivity index (χ2n) is 9.85. The number of carbonyl (C=O) groups is 2. The normalized spacial score (nSPS) is 42.0. The number of halogens is 3. The highest BCUT2D eigenvalue weighted by atomic mass is 32.2. The Morgan fingerprint density at radius 1 is 1.19 bits per heavy atom. The van der Waals surface area contributed by atoms with Gasteiger partial charge in [0.25, 0.3) is 0 Å². The summed E-state index contributed by atoms with van der Waals surface area (Å²) in [6.07, 6.45) is 7.10. The number of likely N-dealkylation sites (N-methyl/N-ethyl adjacent to an activating group) is 1. The number of hydrogen-bond acceptors (Lipinski definition) is 6. The molecule has 2 saturated carbocycles. The summed E-state index contributed by atoms with van der Waals surface area (Å²) in [5.41, 5.74) is -6.01. The van der Waals surface area contributed by atoms with Crippen molar-refractivity contribution in [3.8, 4) is 0 Å². The summed E-state index contributed by atoms with van der Waals surface area (Å²) in [5, 5.41) is 0. The number of piperidine rings is 1. The van der Waals surface area contributed by atoms with Gasteiger partial charge in [0.15, 0.2) is 21.4 Å². The molecule has 0 aromatic rings. The molecule has 0 N–H and O–H groups in total. The molecule has 0 radical (unpaired) electrons. The number of rotatable bonds is 1. The van der Waals surface area contributed by atoms with Crippen LogP contribution in [0.25, 0.3) is 0 Å². The summed E-state index contributed by atoms with van der Waals surface area (Å²) in [5.74, 6) is 1.26. The maximum atomic E-state index is 13.4. The van der Waals surface area contributed by atoms with Gasteiger partial charge >= 0.3 is 11.5 Å². The van der Waals surface area contributed by atoms with Crippen LogP contribution < -0.4 is 0 Å². The van der Waals surface area contributed by atoms with Crippen molar-refractivity contribution in [1.82, 2.24) is 0 Å². The number of hydrogen-bond donors (Lipinski definition) is 0. The molecule has 4 rings (SSSR count). The SMILES string of the molecule is CC(=O)O[C@H]1C[C@H](C)C[C@H]2CC(=O)[C@]34CCC[N+]3(C)CCC[C@@]214.O=S(=O)([O-])C(F)(F)F. The third kappa shape index (κ3) is 3.60. The minimum atomic E-state index is -6.09. The van der Waals surface area contributed by atoms with Crippen molar-refractivity contribution in [2.45, 2.75) is 75.9 Å². The molecule has 11 heteroatoms. The molecule has 6 atom stereocenters. The van der Waals surface area contributed by atoms with E-state index in [9.17, 15) is 22.8 Å². The zero-order valence-corrected chi connectivity index (χ0v) is 18.9. The van der Waals surface area contributed by atoms with Crippen molar-refractivity contribution in [2.24, 2.45) is 17.3 Å². The van der Waals surface area contributed by atoms with Crippen LogP contribution in [0.5, 0.6) is 0 Å². The molecule has 0 amide bonds. The fraction of sp³-hybridized carbons (Fsp3) is 0.900. The monoisotopic (exact) mass is 469 g/mol. The van der Waals surface area contributed by atoms with E-state index >= 15 is 0 Å². The fourth-order valence-electron chi connectivity index (χ4n) is 7.42. The van der Waals surface area contributed by atoms with Gasteiger partial charge < -0.3 is 13.8 Å². The van der Waals surface area contributed by atoms with Crippen molar-refractivity contribution in [1.29, 1.82) is 0 Å². The van der Waals surface area contributed by atoms with Gasteiger partial charge in [0.2, 0.25) is 0 Å². The largest absolute Gasteiger partial charge is 0.741 e. The molecule has 178 valence electrons. The van der Waals surface area contributed by atoms with Crippen LogP contribution in [0.2, 0.25) is 0 Å². The number of carbonyl (C=O) groups excluding carboxylic acids is 2. The third-order valence-corrected chi connectivity index (χ3v) is 8.78. The van der Waals surface area contributed by atoms with Crippen LogP contribution in [0.15, 0.2) is 0 Å². The van der Waals surface area contributed by atoms with Gasteiger partial charge in [-0.3, -0.25) is 9.59 Å². The number of ketones is 1. The van der Waals surface area contributed by atoms with E-state index in [0.29, 0.717) is 17.6 Å². The number of ether oxygens (including phenoxy) is 1. The standard InChI is InChI=1S/C19H30NO3.CHF3O3S/c1-13-10-15-12-16(22)19-7-5-9-20(19,3)8-4-6-18(15,19)17(11-13)23-14(2)21;2-1(3,4)8(5,6)7/h13,15,17H,4-12H2,1-3H3;(H,5,6,7)/q+1;/p-1/t13-,15+,17+,18-,19+,20?;/m1./s1. The summed E-state index contributed by atoms with van der Waals surface area (Å²) < 4.78 is 65.7. The van der Waals surface area contributed by atoms with E-state index in [1.165, 1.54) is 6.92 Å². The average molecular weight is 470 g/mol. The van der Waals surface area contributed by atoms with Crippen LogP contribution in [-0.2, 0) is 24.4 Å². The van der Waals surface area contributed by atoms with E-state index in [0.717, 1.165) is 62.5 Å². The number of nitrogens with zero attached hydrogens (tertiary/aromatic N) is 1. The van der Waals surface area contributed by atoms with Crippen LogP contribution in [0.3, 0.4) is 0 Å². The first-order chi connectivity index (χ1) is 14.1. The van der Waals surface area contributed by atoms with Crippen LogP contribution in [0.1, 0.15) is 58.8 Å². The molecule has 2 saturated heterocycles. The lowest BCUT2D eigenvalue weighted by Crippen LogP contribution is -2.74. The van der Waals surface area contributed by atoms with Gasteiger partial charge in [-0.25, -0.2) is 8.42 Å². The van der Waals surface area contributed by atoms with E-state index in [1.54, 1.807) is 0 Å². The van der Waals surface area contributed by atoms with Gasteiger partial charge in [0.1, 0.15) is 6.10 Å². The van der Waals surface area contributed by atoms with Gasteiger partial charge in [-0.2, -0.15) is 13.2 Å². The molecule has 4 aliphatic rings. The Labute approximate surface area is 180 Å². The molecule has 1 unspecified atom stereocenters. The number of esters is 1. The Balaban J connectivity index is 0.000000293. The highest BCUT2D eigenvalue weighted by molar-refractivity contribution is 7.86. The minimum Gasteiger partial charge on any atom is -0.741 e. The molecular formula is C20H30F3NO6S. The Hall–Kier alpha value is -1.20. The zero-order chi connectivity index (χ0) is 23.5. The molecule has 2 aliphatic carbocycles. The fourth-order valence-corrected chi connectivity index (χ4v) is 7.42. The van der Waals surface area contributed by atoms with Gasteiger partial charge in [-0.15, -0.1) is 0 Å². The first-order valence-electron chi connectivity index (χ1n) is 10.7. The Morgan fingerprint density at radius 2 is 1.74 bits per heavy atom. The van der Waals surface area contributed by atoms with Crippen molar-refractivity contribution >= 4 is 21.9 Å². The summed E-state index contributed by atoms with van der Waals surface area (Å²) in [6, 6.07) is 0. The Morgan fingerprint density at radius 3 is 2.26 bits per heavy atom. The maximum Gasteiger partial charge on any atom is 0.485 e. The van der Waals surface area contributed by atoms with Gasteiger partial charge in [0, 0.05) is 26.2 Å². The maximum absolute atomic E-state index is 13.4. The quantitative estimate of drug-likeness (QED) is 0.253. The van der Waals surface area contributed by atoms with Gasteiger partial charge in [-0.05, 0) is 37.5 Å². The summed E-state index contributed by atoms with van der Waals surface area (Å²) in [6.45, 7) is 6.01. The summed E-state index contributed by atoms with van der Waals surface area (Å²) in [7, 11) is -3.79. The number of quaternary nitrogens is 1. The lowest BCUT2D eigenvalue weighted by Gasteiger charge is -2.61. The van der Waals surface area contributed by atoms with E-state index in [1.807, 2.05) is 0 Å². The number of alkyl halides is 3. The van der Waals surface area contributed by atoms with Crippen LogP contribution in [0, 0.1) is 17.3 Å². The minimum absolute atomic E-state index is 0.0592. The highest BCUT2D eigenvalue weighted by Gasteiger charge is 2.79. The molecule has 7 nitrogen and oxygen atoms in total. The smallest absolute Gasteiger partial charge is 0.485 e. The molecule has 2 aliphatic heterocycles. The van der Waals surface area contributed by atoms with E-state index < -0.39 is 15.6 Å². The van der Waals surface area contributed by atoms with Crippen molar-refractivity contribution in [3.63, 3.8) is 0 Å². The van der Waals surface area contributed by atoms with Gasteiger partial charge in [0.05, 0.1) is 25.6 Å². The molecular weight excluding hydrogens is 439 g/mol. The first kappa shape index (κ1) is 24.4. The molecule has 2 spiro atoms. The van der Waals surface area contributed by atoms with Crippen molar-refractivity contribution in [3.05, 3.63) is 0 Å². The number of Topliss-reactive ketones (excluding diaryl/α,β-unsaturated/α-hetero) is 1. The third-order valence-electron chi connectivity index (χ3n) is 8.22. The van der Waals surface area contributed by atoms with Crippen molar-refractivity contribution < 1.29 is 45.0 Å². The predicted molar refractivity (Wildman–Crippen MR) is 102 cm³/mol. The summed E-state index contributed by atoms with van der Waals surface area (Å²) in [4.78, 5) is 25.2. The lowest BCUT2D eigenvalue weighted by molar-refractivity contribution is -0.950. The second kappa shape index (κ2) is 7.69. The molecule has 2 heterocycles. The van der Waals surface area contributed by atoms with E-state index in [2.05, 4.69) is 14.0 Å². The summed E-state index contributed by atoms with van der Waals surface area (Å²) >= 11 is 0. The van der Waals surface area contributed by atoms with E-state index in [4.69, 9.17) is 17.7 Å². The Kier molecular flexibility index (Phi) is 6.06. The van der Waals surface area contributed by atoms with Crippen LogP contribution in [0.4, 0.5) is 13.2 Å². The average Bonchev–Trinajstić information content (AvgIpc) is 3.07. The zero-order valence-electron chi connectivity index (χ0n) is 18.0. The van der Waals surface area contributed by atoms with Crippen LogP contribution in [-0.4, -0.2) is 66.5 Å². The van der Waals surface area contributed by atoms with E-state index in [-0.39, 0.29) is 23.0 Å². The highest BCUT2D eigenvalue weighted by Crippen LogP contribution is 2.68. The lowest BCUT2D eigenvalue weighted by atomic mass is 9.52. The first-order valence-corrected chi connectivity index (χ1v) is 12.1. The molecule has 4 fully saturated rings. The molecule has 0 bridgehead atoms. The second-order valence-corrected chi connectivity index (χ2v) is 11.2. The molecule has 0 aromatic carbocycles. The molecule has 0 aromatic heterocycles. The van der Waals surface area contributed by atoms with Gasteiger partial charge in [-0.1, -0.05) is 6.92 Å². The predicted octanol–water partition coefficient (Wildman–Crippen LogP) is 2.75. The molecule has 31 heavy (non-hydrogen) atoms. The van der Waals surface area contributed by atoms with Crippen molar-refractivity contribution in [2.75, 3.05) is 20.1 Å².